The van der Waals surface area contributed by atoms with E-state index in [4.69, 9.17) is 25.6 Å². The van der Waals surface area contributed by atoms with Crippen LogP contribution in [0.3, 0.4) is 0 Å². The minimum Gasteiger partial charge on any atom is -0.486 e. The Morgan fingerprint density at radius 2 is 1.76 bits per heavy atom. The summed E-state index contributed by atoms with van der Waals surface area (Å²) in [6.07, 6.45) is 0. The van der Waals surface area contributed by atoms with Gasteiger partial charge in [0.15, 0.2) is 11.5 Å². The first kappa shape index (κ1) is 23.7. The van der Waals surface area contributed by atoms with Crippen LogP contribution in [0.5, 0.6) is 5.75 Å². The van der Waals surface area contributed by atoms with Gasteiger partial charge in [0.1, 0.15) is 12.4 Å². The van der Waals surface area contributed by atoms with Gasteiger partial charge in [-0.2, -0.15) is 0 Å². The molecule has 1 aliphatic rings. The minimum absolute atomic E-state index is 0.116. The Morgan fingerprint density at radius 1 is 1.03 bits per heavy atom. The fourth-order valence-electron chi connectivity index (χ4n) is 3.32. The quantitative estimate of drug-likeness (QED) is 0.480. The topological polar surface area (TPSA) is 106 Å². The second kappa shape index (κ2) is 11.6. The van der Waals surface area contributed by atoms with E-state index in [1.165, 1.54) is 0 Å². The van der Waals surface area contributed by atoms with E-state index in [1.807, 2.05) is 0 Å². The summed E-state index contributed by atoms with van der Waals surface area (Å²) in [5.41, 5.74) is 1.35. The van der Waals surface area contributed by atoms with Crippen molar-refractivity contribution in [2.45, 2.75) is 6.61 Å². The Labute approximate surface area is 202 Å². The van der Waals surface area contributed by atoms with E-state index in [1.54, 1.807) is 54.6 Å². The molecular weight excluding hydrogens is 460 g/mol. The highest BCUT2D eigenvalue weighted by atomic mass is 35.5. The smallest absolute Gasteiger partial charge is 0.273 e. The van der Waals surface area contributed by atoms with Gasteiger partial charge in [-0.25, -0.2) is 0 Å². The third-order valence-corrected chi connectivity index (χ3v) is 5.46. The number of carbonyl (C=O) groups is 2. The lowest BCUT2D eigenvalue weighted by Crippen LogP contribution is -2.41. The molecule has 1 aromatic heterocycles. The van der Waals surface area contributed by atoms with Crippen LogP contribution in [0.25, 0.3) is 0 Å². The maximum Gasteiger partial charge on any atom is 0.273 e. The van der Waals surface area contributed by atoms with Crippen LogP contribution in [0.15, 0.2) is 59.1 Å². The molecular formula is C24H25ClN4O5. The molecule has 0 atom stereocenters. The predicted molar refractivity (Wildman–Crippen MR) is 126 cm³/mol. The summed E-state index contributed by atoms with van der Waals surface area (Å²) in [6, 6.07) is 15.1. The van der Waals surface area contributed by atoms with E-state index in [9.17, 15) is 9.59 Å². The molecule has 0 aliphatic carbocycles. The molecule has 0 radical (unpaired) electrons. The maximum absolute atomic E-state index is 12.3. The maximum atomic E-state index is 12.3. The number of halogens is 1. The van der Waals surface area contributed by atoms with Gasteiger partial charge in [-0.05, 0) is 48.5 Å². The molecule has 0 saturated carbocycles. The van der Waals surface area contributed by atoms with Crippen LogP contribution in [-0.2, 0) is 11.3 Å². The summed E-state index contributed by atoms with van der Waals surface area (Å²) in [4.78, 5) is 26.8. The Kier molecular flexibility index (Phi) is 8.13. The molecule has 9 nitrogen and oxygen atoms in total. The first-order valence-electron chi connectivity index (χ1n) is 10.9. The Morgan fingerprint density at radius 3 is 2.50 bits per heavy atom. The molecule has 2 amide bonds. The molecule has 4 rings (SSSR count). The van der Waals surface area contributed by atoms with Crippen molar-refractivity contribution in [1.29, 1.82) is 0 Å². The van der Waals surface area contributed by atoms with Crippen LogP contribution in [0.4, 0.5) is 5.69 Å². The first-order valence-corrected chi connectivity index (χ1v) is 11.3. The van der Waals surface area contributed by atoms with Crippen LogP contribution < -0.4 is 15.4 Å². The largest absolute Gasteiger partial charge is 0.486 e. The fraction of sp³-hybridized carbons (Fsp3) is 0.292. The zero-order valence-electron chi connectivity index (χ0n) is 18.5. The number of morpholine rings is 1. The van der Waals surface area contributed by atoms with Crippen LogP contribution in [0, 0.1) is 0 Å². The molecule has 2 N–H and O–H groups in total. The zero-order chi connectivity index (χ0) is 23.8. The fourth-order valence-corrected chi connectivity index (χ4v) is 3.45. The summed E-state index contributed by atoms with van der Waals surface area (Å²) >= 11 is 5.85. The van der Waals surface area contributed by atoms with Crippen molar-refractivity contribution in [3.8, 4) is 5.75 Å². The Hall–Kier alpha value is -3.40. The molecule has 1 saturated heterocycles. The highest BCUT2D eigenvalue weighted by Gasteiger charge is 2.14. The summed E-state index contributed by atoms with van der Waals surface area (Å²) < 4.78 is 16.2. The highest BCUT2D eigenvalue weighted by Crippen LogP contribution is 2.18. The first-order chi connectivity index (χ1) is 16.6. The predicted octanol–water partition coefficient (Wildman–Crippen LogP) is 3.22. The highest BCUT2D eigenvalue weighted by molar-refractivity contribution is 6.30. The molecule has 178 valence electrons. The van der Waals surface area contributed by atoms with Crippen molar-refractivity contribution in [3.63, 3.8) is 0 Å². The number of nitrogens with zero attached hydrogens (tertiary/aromatic N) is 2. The lowest BCUT2D eigenvalue weighted by Gasteiger charge is -2.26. The molecule has 1 aliphatic heterocycles. The summed E-state index contributed by atoms with van der Waals surface area (Å²) in [6.45, 7) is 4.60. The van der Waals surface area contributed by atoms with Gasteiger partial charge in [0.05, 0.1) is 13.2 Å². The van der Waals surface area contributed by atoms with Gasteiger partial charge in [0, 0.05) is 48.5 Å². The van der Waals surface area contributed by atoms with Crippen LogP contribution in [0.1, 0.15) is 26.6 Å². The number of carbonyl (C=O) groups excluding carboxylic acids is 2. The van der Waals surface area contributed by atoms with Crippen molar-refractivity contribution in [1.82, 2.24) is 15.4 Å². The van der Waals surface area contributed by atoms with E-state index < -0.39 is 0 Å². The van der Waals surface area contributed by atoms with E-state index in [2.05, 4.69) is 20.7 Å². The zero-order valence-corrected chi connectivity index (χ0v) is 19.2. The number of hydrogen-bond donors (Lipinski definition) is 2. The summed E-state index contributed by atoms with van der Waals surface area (Å²) in [5, 5.41) is 10.0. The Balaban J connectivity index is 1.21. The van der Waals surface area contributed by atoms with Crippen molar-refractivity contribution in [2.75, 3.05) is 44.7 Å². The molecule has 2 heterocycles. The van der Waals surface area contributed by atoms with Crippen LogP contribution >= 0.6 is 11.6 Å². The average molecular weight is 485 g/mol. The van der Waals surface area contributed by atoms with Gasteiger partial charge in [0.2, 0.25) is 0 Å². The molecule has 3 aromatic rings. The van der Waals surface area contributed by atoms with E-state index in [-0.39, 0.29) is 24.1 Å². The monoisotopic (exact) mass is 484 g/mol. The van der Waals surface area contributed by atoms with Gasteiger partial charge in [-0.15, -0.1) is 0 Å². The van der Waals surface area contributed by atoms with Gasteiger partial charge in [-0.3, -0.25) is 14.5 Å². The molecule has 10 heteroatoms. The number of nitrogens with one attached hydrogen (secondary N) is 2. The third-order valence-electron chi connectivity index (χ3n) is 5.21. The lowest BCUT2D eigenvalue weighted by molar-refractivity contribution is 0.0383. The normalized spacial score (nSPS) is 13.9. The number of ether oxygens (including phenoxy) is 2. The Bertz CT molecular complexity index is 1100. The molecule has 0 unspecified atom stereocenters. The second-order valence-corrected chi connectivity index (χ2v) is 8.10. The van der Waals surface area contributed by atoms with Crippen molar-refractivity contribution in [3.05, 3.63) is 76.6 Å². The van der Waals surface area contributed by atoms with Crippen LogP contribution in [-0.4, -0.2) is 61.3 Å². The van der Waals surface area contributed by atoms with Gasteiger partial charge in [-0.1, -0.05) is 16.8 Å². The number of aromatic nitrogens is 1. The molecule has 0 spiro atoms. The second-order valence-electron chi connectivity index (χ2n) is 7.66. The van der Waals surface area contributed by atoms with E-state index in [0.29, 0.717) is 34.3 Å². The SMILES string of the molecule is O=C(Nc1ccc(OCc2cc(C(=O)NCCN3CCOCC3)no2)cc1)c1ccc(Cl)cc1. The number of anilines is 1. The molecule has 34 heavy (non-hydrogen) atoms. The van der Waals surface area contributed by atoms with Crippen molar-refractivity contribution in [2.24, 2.45) is 0 Å². The number of hydrogen-bond acceptors (Lipinski definition) is 7. The van der Waals surface area contributed by atoms with Crippen LogP contribution in [0.2, 0.25) is 5.02 Å². The molecule has 0 bridgehead atoms. The van der Waals surface area contributed by atoms with Gasteiger partial charge in [0.25, 0.3) is 11.8 Å². The number of rotatable bonds is 9. The van der Waals surface area contributed by atoms with Crippen molar-refractivity contribution < 1.29 is 23.6 Å². The standard InChI is InChI=1S/C24H25ClN4O5/c25-18-3-1-17(2-4-18)23(30)27-19-5-7-20(8-6-19)33-16-21-15-22(28-34-21)24(31)26-9-10-29-11-13-32-14-12-29/h1-8,15H,9-14,16H2,(H,26,31)(H,27,30). The van der Waals surface area contributed by atoms with Gasteiger partial charge >= 0.3 is 0 Å². The molecule has 1 fully saturated rings. The van der Waals surface area contributed by atoms with E-state index in [0.717, 1.165) is 32.8 Å². The number of benzene rings is 2. The van der Waals surface area contributed by atoms with Crippen molar-refractivity contribution >= 4 is 29.1 Å². The number of amides is 2. The average Bonchev–Trinajstić information content (AvgIpc) is 3.34. The minimum atomic E-state index is -0.288. The van der Waals surface area contributed by atoms with Gasteiger partial charge < -0.3 is 24.6 Å². The van der Waals surface area contributed by atoms with E-state index >= 15 is 0 Å². The summed E-state index contributed by atoms with van der Waals surface area (Å²) in [7, 11) is 0. The summed E-state index contributed by atoms with van der Waals surface area (Å²) in [5.74, 6) is 0.489. The third kappa shape index (κ3) is 6.80. The lowest BCUT2D eigenvalue weighted by atomic mass is 10.2. The molecule has 2 aromatic carbocycles.